The number of amides is 4. The van der Waals surface area contributed by atoms with Gasteiger partial charge < -0.3 is 0 Å². The van der Waals surface area contributed by atoms with E-state index >= 15 is 0 Å². The van der Waals surface area contributed by atoms with E-state index in [0.717, 1.165) is 101 Å². The van der Waals surface area contributed by atoms with E-state index in [1.807, 2.05) is 36.4 Å². The molecule has 0 fully saturated rings. The van der Waals surface area contributed by atoms with Crippen molar-refractivity contribution in [2.24, 2.45) is 0 Å². The molecule has 0 radical (unpaired) electrons. The Morgan fingerprint density at radius 2 is 0.847 bits per heavy atom. The second-order valence-corrected chi connectivity index (χ2v) is 16.3. The fraction of sp³-hybridized carbons (Fsp3) is 0.255. The summed E-state index contributed by atoms with van der Waals surface area (Å²) < 4.78 is 0. The SMILES string of the molecule is CCCCCCC(CCCCCC)N1C(=O)c2ccc3c4ccc5c6c(ccc(c7ccc(c2c37)C1=O)c64)C(=O)N(c1cccc2c1C(=O)c1ccccc1C2=O)C5=O. The van der Waals surface area contributed by atoms with Crippen LogP contribution in [-0.4, -0.2) is 46.1 Å². The Kier molecular flexibility index (Phi) is 8.78. The minimum Gasteiger partial charge on any atom is -0.289 e. The van der Waals surface area contributed by atoms with Gasteiger partial charge in [0.1, 0.15) is 0 Å². The standard InChI is InChI=1S/C51H42N2O6/c1-3-5-7-9-14-28(15-10-8-6-4-2)52-48(56)36-24-20-29-31-22-26-38-44-39(27-23-32(42(31)44)30-21-25-37(49(52)57)43(36)41(29)30)51(59)53(50(38)58)40-19-13-18-35-45(40)47(55)34-17-12-11-16-33(34)46(35)54/h11-13,16-28H,3-10,14-15H2,1-2H3. The molecule has 0 atom stereocenters. The molecule has 8 nitrogen and oxygen atoms in total. The van der Waals surface area contributed by atoms with Gasteiger partial charge in [0.25, 0.3) is 23.6 Å². The van der Waals surface area contributed by atoms with Crippen LogP contribution in [0.25, 0.3) is 43.1 Å². The highest BCUT2D eigenvalue weighted by molar-refractivity contribution is 6.44. The van der Waals surface area contributed by atoms with E-state index in [0.29, 0.717) is 33.0 Å². The monoisotopic (exact) mass is 778 g/mol. The van der Waals surface area contributed by atoms with Gasteiger partial charge in [-0.25, -0.2) is 4.90 Å². The lowest BCUT2D eigenvalue weighted by molar-refractivity contribution is 0.0516. The van der Waals surface area contributed by atoms with Crippen LogP contribution in [0.1, 0.15) is 151 Å². The first-order valence-corrected chi connectivity index (χ1v) is 21.0. The number of benzene rings is 7. The molecule has 0 spiro atoms. The summed E-state index contributed by atoms with van der Waals surface area (Å²) in [7, 11) is 0. The summed E-state index contributed by atoms with van der Waals surface area (Å²) in [5.74, 6) is -2.45. The van der Waals surface area contributed by atoms with Gasteiger partial charge in [0.2, 0.25) is 0 Å². The normalized spacial score (nSPS) is 14.9. The molecule has 0 N–H and O–H groups in total. The van der Waals surface area contributed by atoms with Gasteiger partial charge in [0.05, 0.1) is 11.3 Å². The maximum atomic E-state index is 14.6. The summed E-state index contributed by atoms with van der Waals surface area (Å²) in [4.78, 5) is 88.4. The molecule has 0 unspecified atom stereocenters. The second-order valence-electron chi connectivity index (χ2n) is 16.3. The Bertz CT molecular complexity index is 2880. The van der Waals surface area contributed by atoms with Crippen molar-refractivity contribution in [2.45, 2.75) is 84.1 Å². The average molecular weight is 779 g/mol. The number of fused-ring (bicyclic) bond motifs is 4. The molecule has 59 heavy (non-hydrogen) atoms. The van der Waals surface area contributed by atoms with Crippen LogP contribution < -0.4 is 4.90 Å². The van der Waals surface area contributed by atoms with Crippen molar-refractivity contribution in [3.8, 4) is 0 Å². The molecule has 292 valence electrons. The highest BCUT2D eigenvalue weighted by atomic mass is 16.2. The Labute approximate surface area is 341 Å². The first-order valence-electron chi connectivity index (χ1n) is 21.0. The first-order chi connectivity index (χ1) is 28.8. The lowest BCUT2D eigenvalue weighted by Gasteiger charge is -2.35. The maximum absolute atomic E-state index is 14.6. The fourth-order valence-corrected chi connectivity index (χ4v) is 10.2. The van der Waals surface area contributed by atoms with Crippen molar-refractivity contribution in [1.82, 2.24) is 4.90 Å². The van der Waals surface area contributed by atoms with Crippen LogP contribution in [0.5, 0.6) is 0 Å². The lowest BCUT2D eigenvalue weighted by atomic mass is 9.81. The summed E-state index contributed by atoms with van der Waals surface area (Å²) in [6, 6.07) is 25.8. The topological polar surface area (TPSA) is 109 Å². The zero-order valence-electron chi connectivity index (χ0n) is 33.2. The summed E-state index contributed by atoms with van der Waals surface area (Å²) in [6.07, 6.45) is 10.2. The van der Waals surface area contributed by atoms with Crippen LogP contribution >= 0.6 is 0 Å². The van der Waals surface area contributed by atoms with Crippen molar-refractivity contribution in [2.75, 3.05) is 4.90 Å². The highest BCUT2D eigenvalue weighted by Crippen LogP contribution is 2.47. The molecule has 0 saturated carbocycles. The number of carbonyl (C=O) groups is 6. The second kappa shape index (κ2) is 14.1. The minimum atomic E-state index is -0.593. The van der Waals surface area contributed by atoms with Crippen LogP contribution in [0.4, 0.5) is 5.69 Å². The van der Waals surface area contributed by atoms with E-state index in [-0.39, 0.29) is 51.6 Å². The first kappa shape index (κ1) is 36.8. The van der Waals surface area contributed by atoms with Crippen LogP contribution in [0.15, 0.2) is 91.0 Å². The van der Waals surface area contributed by atoms with Gasteiger partial charge in [-0.05, 0) is 75.5 Å². The number of unbranched alkanes of at least 4 members (excludes halogenated alkanes) is 6. The van der Waals surface area contributed by atoms with Crippen molar-refractivity contribution in [3.05, 3.63) is 136 Å². The van der Waals surface area contributed by atoms with E-state index in [9.17, 15) is 28.8 Å². The Balaban J connectivity index is 1.09. The third-order valence-electron chi connectivity index (χ3n) is 13.0. The third-order valence-corrected chi connectivity index (χ3v) is 13.0. The predicted octanol–water partition coefficient (Wildman–Crippen LogP) is 11.2. The molecule has 7 aromatic carbocycles. The summed E-state index contributed by atoms with van der Waals surface area (Å²) in [6.45, 7) is 4.36. The molecule has 4 amide bonds. The number of hydrogen-bond acceptors (Lipinski definition) is 6. The molecule has 8 heteroatoms. The Morgan fingerprint density at radius 1 is 0.407 bits per heavy atom. The molecular weight excluding hydrogens is 737 g/mol. The van der Waals surface area contributed by atoms with Crippen LogP contribution in [0.3, 0.4) is 0 Å². The molecule has 2 heterocycles. The summed E-state index contributed by atoms with van der Waals surface area (Å²) >= 11 is 0. The van der Waals surface area contributed by atoms with Gasteiger partial charge in [0, 0.05) is 55.8 Å². The maximum Gasteiger partial charge on any atom is 0.266 e. The van der Waals surface area contributed by atoms with Gasteiger partial charge >= 0.3 is 0 Å². The molecule has 0 bridgehead atoms. The van der Waals surface area contributed by atoms with E-state index in [1.54, 1.807) is 59.5 Å². The Morgan fingerprint density at radius 3 is 1.32 bits per heavy atom. The number of imide groups is 2. The molecule has 2 aliphatic heterocycles. The quantitative estimate of drug-likeness (QED) is 0.0529. The number of carbonyl (C=O) groups excluding carboxylic acids is 6. The lowest BCUT2D eigenvalue weighted by Crippen LogP contribution is -2.47. The van der Waals surface area contributed by atoms with E-state index in [2.05, 4.69) is 13.8 Å². The Hall–Kier alpha value is -6.54. The van der Waals surface area contributed by atoms with Crippen LogP contribution in [-0.2, 0) is 0 Å². The minimum absolute atomic E-state index is 0.0302. The molecule has 0 saturated heterocycles. The number of hydrogen-bond donors (Lipinski definition) is 0. The number of ketones is 2. The zero-order valence-corrected chi connectivity index (χ0v) is 33.2. The van der Waals surface area contributed by atoms with Gasteiger partial charge in [-0.1, -0.05) is 126 Å². The van der Waals surface area contributed by atoms with E-state index in [4.69, 9.17) is 0 Å². The molecule has 3 aliphatic rings. The summed E-state index contributed by atoms with van der Waals surface area (Å²) in [5, 5.41) is 5.95. The van der Waals surface area contributed by atoms with Gasteiger partial charge in [-0.2, -0.15) is 0 Å². The largest absolute Gasteiger partial charge is 0.289 e. The number of nitrogens with zero attached hydrogens (tertiary/aromatic N) is 2. The average Bonchev–Trinajstić information content (AvgIpc) is 3.26. The molecule has 0 aromatic heterocycles. The fourth-order valence-electron chi connectivity index (χ4n) is 10.2. The molecule has 7 aromatic rings. The summed E-state index contributed by atoms with van der Waals surface area (Å²) in [5.41, 5.74) is 2.40. The van der Waals surface area contributed by atoms with Crippen molar-refractivity contribution >= 4 is 84.0 Å². The molecular formula is C51H42N2O6. The number of anilines is 1. The van der Waals surface area contributed by atoms with Gasteiger partial charge in [-0.3, -0.25) is 33.7 Å². The van der Waals surface area contributed by atoms with E-state index in [1.165, 1.54) is 0 Å². The van der Waals surface area contributed by atoms with Crippen molar-refractivity contribution in [1.29, 1.82) is 0 Å². The van der Waals surface area contributed by atoms with Crippen LogP contribution in [0.2, 0.25) is 0 Å². The zero-order chi connectivity index (χ0) is 40.7. The smallest absolute Gasteiger partial charge is 0.266 e. The highest BCUT2D eigenvalue weighted by Gasteiger charge is 2.41. The predicted molar refractivity (Wildman–Crippen MR) is 230 cm³/mol. The molecule has 1 aliphatic carbocycles. The van der Waals surface area contributed by atoms with Gasteiger partial charge in [-0.15, -0.1) is 0 Å². The van der Waals surface area contributed by atoms with Crippen LogP contribution in [0, 0.1) is 0 Å². The third kappa shape index (κ3) is 5.28. The van der Waals surface area contributed by atoms with Gasteiger partial charge in [0.15, 0.2) is 11.6 Å². The van der Waals surface area contributed by atoms with Crippen molar-refractivity contribution in [3.63, 3.8) is 0 Å². The van der Waals surface area contributed by atoms with E-state index < -0.39 is 17.6 Å². The van der Waals surface area contributed by atoms with Crippen molar-refractivity contribution < 1.29 is 28.8 Å². The molecule has 10 rings (SSSR count). The number of rotatable bonds is 12.